The van der Waals surface area contributed by atoms with E-state index in [4.69, 9.17) is 4.74 Å². The highest BCUT2D eigenvalue weighted by molar-refractivity contribution is 7.16. The Labute approximate surface area is 106 Å². The number of esters is 1. The zero-order valence-electron chi connectivity index (χ0n) is 10.5. The molecule has 0 aliphatic heterocycles. The zero-order chi connectivity index (χ0) is 12.3. The summed E-state index contributed by atoms with van der Waals surface area (Å²) in [6, 6.07) is 0. The number of rotatable bonds is 4. The van der Waals surface area contributed by atoms with Crippen LogP contribution in [0.2, 0.25) is 0 Å². The van der Waals surface area contributed by atoms with Gasteiger partial charge >= 0.3 is 5.97 Å². The molecule has 0 unspecified atom stereocenters. The Balaban J connectivity index is 2.38. The molecule has 1 N–H and O–H groups in total. The molecule has 1 aliphatic rings. The molecule has 0 bridgehead atoms. The van der Waals surface area contributed by atoms with E-state index in [-0.39, 0.29) is 5.97 Å². The average molecular weight is 253 g/mol. The maximum absolute atomic E-state index is 12.0. The molecule has 0 radical (unpaired) electrons. The van der Waals surface area contributed by atoms with Crippen LogP contribution >= 0.6 is 11.3 Å². The maximum atomic E-state index is 12.0. The number of aryl methyl sites for hydroxylation is 1. The number of thiophene rings is 1. The molecular formula is C13H19NO2S. The molecule has 1 heterocycles. The molecule has 94 valence electrons. The molecule has 17 heavy (non-hydrogen) atoms. The molecule has 1 aliphatic carbocycles. The summed E-state index contributed by atoms with van der Waals surface area (Å²) in [5.41, 5.74) is 2.03. The third-order valence-electron chi connectivity index (χ3n) is 2.99. The fourth-order valence-corrected chi connectivity index (χ4v) is 3.62. The highest BCUT2D eigenvalue weighted by Crippen LogP contribution is 2.38. The third-order valence-corrected chi connectivity index (χ3v) is 4.24. The largest absolute Gasteiger partial charge is 0.462 e. The minimum atomic E-state index is -0.164. The molecule has 0 aromatic carbocycles. The normalized spacial score (nSPS) is 14.2. The maximum Gasteiger partial charge on any atom is 0.341 e. The topological polar surface area (TPSA) is 38.3 Å². The predicted octanol–water partition coefficient (Wildman–Crippen LogP) is 3.24. The molecule has 3 nitrogen and oxygen atoms in total. The van der Waals surface area contributed by atoms with Gasteiger partial charge in [0.25, 0.3) is 0 Å². The highest BCUT2D eigenvalue weighted by atomic mass is 32.1. The van der Waals surface area contributed by atoms with E-state index in [0.717, 1.165) is 30.0 Å². The van der Waals surface area contributed by atoms with E-state index in [1.54, 1.807) is 11.3 Å². The highest BCUT2D eigenvalue weighted by Gasteiger charge is 2.25. The molecule has 0 spiro atoms. The van der Waals surface area contributed by atoms with E-state index in [2.05, 4.69) is 5.32 Å². The average Bonchev–Trinajstić information content (AvgIpc) is 2.67. The zero-order valence-corrected chi connectivity index (χ0v) is 11.3. The van der Waals surface area contributed by atoms with Gasteiger partial charge in [-0.1, -0.05) is 0 Å². The van der Waals surface area contributed by atoms with E-state index < -0.39 is 0 Å². The lowest BCUT2D eigenvalue weighted by Gasteiger charge is -2.12. The van der Waals surface area contributed by atoms with E-state index in [1.165, 1.54) is 23.3 Å². The van der Waals surface area contributed by atoms with E-state index >= 15 is 0 Å². The Morgan fingerprint density at radius 2 is 2.12 bits per heavy atom. The number of hydrogen-bond donors (Lipinski definition) is 1. The number of nitrogens with one attached hydrogen (secondary N) is 1. The van der Waals surface area contributed by atoms with Gasteiger partial charge in [0.05, 0.1) is 12.2 Å². The van der Waals surface area contributed by atoms with Gasteiger partial charge in [-0.3, -0.25) is 0 Å². The second-order valence-electron chi connectivity index (χ2n) is 4.17. The predicted molar refractivity (Wildman–Crippen MR) is 71.1 cm³/mol. The Kier molecular flexibility index (Phi) is 4.05. The molecule has 0 saturated heterocycles. The number of hydrogen-bond acceptors (Lipinski definition) is 4. The van der Waals surface area contributed by atoms with Gasteiger partial charge < -0.3 is 10.1 Å². The van der Waals surface area contributed by atoms with Crippen molar-refractivity contribution in [3.63, 3.8) is 0 Å². The first-order valence-corrected chi connectivity index (χ1v) is 7.15. The van der Waals surface area contributed by atoms with Gasteiger partial charge in [0.2, 0.25) is 0 Å². The Hall–Kier alpha value is -1.03. The quantitative estimate of drug-likeness (QED) is 0.837. The number of carbonyl (C=O) groups excluding carboxylic acids is 1. The lowest BCUT2D eigenvalue weighted by Crippen LogP contribution is -2.11. The molecular weight excluding hydrogens is 234 g/mol. The molecule has 0 amide bonds. The summed E-state index contributed by atoms with van der Waals surface area (Å²) < 4.78 is 5.17. The van der Waals surface area contributed by atoms with Gasteiger partial charge in [-0.05, 0) is 45.1 Å². The third kappa shape index (κ3) is 2.46. The molecule has 0 saturated carbocycles. The van der Waals surface area contributed by atoms with Crippen molar-refractivity contribution in [3.05, 3.63) is 16.0 Å². The Morgan fingerprint density at radius 1 is 1.35 bits per heavy atom. The number of fused-ring (bicyclic) bond motifs is 1. The van der Waals surface area contributed by atoms with Crippen LogP contribution in [0.3, 0.4) is 0 Å². The number of carbonyl (C=O) groups is 1. The van der Waals surface area contributed by atoms with Crippen molar-refractivity contribution in [1.82, 2.24) is 0 Å². The molecule has 1 aromatic rings. The van der Waals surface area contributed by atoms with Crippen molar-refractivity contribution in [1.29, 1.82) is 0 Å². The van der Waals surface area contributed by atoms with E-state index in [1.807, 2.05) is 13.8 Å². The van der Waals surface area contributed by atoms with Crippen molar-refractivity contribution < 1.29 is 9.53 Å². The van der Waals surface area contributed by atoms with E-state index in [0.29, 0.717) is 6.61 Å². The SMILES string of the molecule is CCNc1sc2c(c1C(=O)OCC)CCCC2. The summed E-state index contributed by atoms with van der Waals surface area (Å²) in [5.74, 6) is -0.164. The molecule has 0 fully saturated rings. The molecule has 4 heteroatoms. The summed E-state index contributed by atoms with van der Waals surface area (Å²) in [6.45, 7) is 5.18. The van der Waals surface area contributed by atoms with E-state index in [9.17, 15) is 4.79 Å². The second-order valence-corrected chi connectivity index (χ2v) is 5.27. The van der Waals surface area contributed by atoms with Crippen LogP contribution in [0.15, 0.2) is 0 Å². The monoisotopic (exact) mass is 253 g/mol. The standard InChI is InChI=1S/C13H19NO2S/c1-3-14-12-11(13(15)16-4-2)9-7-5-6-8-10(9)17-12/h14H,3-8H2,1-2H3. The lowest BCUT2D eigenvalue weighted by atomic mass is 9.95. The van der Waals surface area contributed by atoms with Crippen molar-refractivity contribution >= 4 is 22.3 Å². The number of anilines is 1. The van der Waals surface area contributed by atoms with Gasteiger partial charge in [-0.15, -0.1) is 11.3 Å². The fraction of sp³-hybridized carbons (Fsp3) is 0.615. The summed E-state index contributed by atoms with van der Waals surface area (Å²) >= 11 is 1.73. The van der Waals surface area contributed by atoms with Gasteiger partial charge in [-0.25, -0.2) is 4.79 Å². The summed E-state index contributed by atoms with van der Waals surface area (Å²) in [7, 11) is 0. The van der Waals surface area contributed by atoms with Crippen LogP contribution in [0.4, 0.5) is 5.00 Å². The van der Waals surface area contributed by atoms with Crippen LogP contribution in [0, 0.1) is 0 Å². The van der Waals surface area contributed by atoms with Gasteiger partial charge in [-0.2, -0.15) is 0 Å². The first-order valence-electron chi connectivity index (χ1n) is 6.33. The summed E-state index contributed by atoms with van der Waals surface area (Å²) in [5, 5.41) is 4.29. The first kappa shape index (κ1) is 12.4. The van der Waals surface area contributed by atoms with Gasteiger partial charge in [0, 0.05) is 11.4 Å². The van der Waals surface area contributed by atoms with Crippen LogP contribution in [-0.2, 0) is 17.6 Å². The Morgan fingerprint density at radius 3 is 2.82 bits per heavy atom. The van der Waals surface area contributed by atoms with Crippen molar-refractivity contribution in [2.24, 2.45) is 0 Å². The lowest BCUT2D eigenvalue weighted by molar-refractivity contribution is 0.0526. The molecule has 0 atom stereocenters. The van der Waals surface area contributed by atoms with Crippen LogP contribution in [0.5, 0.6) is 0 Å². The molecule has 2 rings (SSSR count). The first-order chi connectivity index (χ1) is 8.27. The van der Waals surface area contributed by atoms with Crippen molar-refractivity contribution in [3.8, 4) is 0 Å². The second kappa shape index (κ2) is 5.54. The van der Waals surface area contributed by atoms with Crippen molar-refractivity contribution in [2.45, 2.75) is 39.5 Å². The van der Waals surface area contributed by atoms with Crippen LogP contribution in [-0.4, -0.2) is 19.1 Å². The van der Waals surface area contributed by atoms with Crippen LogP contribution in [0.25, 0.3) is 0 Å². The van der Waals surface area contributed by atoms with Crippen LogP contribution < -0.4 is 5.32 Å². The molecule has 1 aromatic heterocycles. The van der Waals surface area contributed by atoms with Crippen LogP contribution in [0.1, 0.15) is 47.5 Å². The Bertz CT molecular complexity index is 412. The minimum absolute atomic E-state index is 0.164. The van der Waals surface area contributed by atoms with Crippen molar-refractivity contribution in [2.75, 3.05) is 18.5 Å². The fourth-order valence-electron chi connectivity index (χ4n) is 2.27. The summed E-state index contributed by atoms with van der Waals surface area (Å²) in [4.78, 5) is 13.4. The minimum Gasteiger partial charge on any atom is -0.462 e. The smallest absolute Gasteiger partial charge is 0.341 e. The van der Waals surface area contributed by atoms with Gasteiger partial charge in [0.1, 0.15) is 5.00 Å². The van der Waals surface area contributed by atoms with Gasteiger partial charge in [0.15, 0.2) is 0 Å². The summed E-state index contributed by atoms with van der Waals surface area (Å²) in [6.07, 6.45) is 4.55. The number of ether oxygens (including phenoxy) is 1.